The van der Waals surface area contributed by atoms with Crippen molar-refractivity contribution in [2.24, 2.45) is 0 Å². The van der Waals surface area contributed by atoms with Crippen molar-refractivity contribution >= 4 is 18.3 Å². The molecule has 164 valence electrons. The summed E-state index contributed by atoms with van der Waals surface area (Å²) in [7, 11) is 0. The minimum absolute atomic E-state index is 0. The first-order valence-corrected chi connectivity index (χ1v) is 10.9. The highest BCUT2D eigenvalue weighted by molar-refractivity contribution is 5.87. The molecule has 0 saturated carbocycles. The Hall–Kier alpha value is -2.56. The third-order valence-corrected chi connectivity index (χ3v) is 5.92. The fourth-order valence-corrected chi connectivity index (χ4v) is 4.36. The maximum atomic E-state index is 13.4. The fraction of sp³-hybridized carbons (Fsp3) is 0.346. The van der Waals surface area contributed by atoms with Crippen molar-refractivity contribution in [1.29, 1.82) is 0 Å². The van der Waals surface area contributed by atoms with Crippen LogP contribution >= 0.6 is 12.4 Å². The molecule has 1 unspecified atom stereocenters. The highest BCUT2D eigenvalue weighted by Crippen LogP contribution is 2.28. The minimum atomic E-state index is -0.326. The van der Waals surface area contributed by atoms with Crippen molar-refractivity contribution < 1.29 is 9.21 Å². The van der Waals surface area contributed by atoms with E-state index in [2.05, 4.69) is 10.2 Å². The number of carbonyl (C=O) groups is 1. The number of halogens is 1. The topological polar surface area (TPSA) is 45.5 Å². The van der Waals surface area contributed by atoms with Gasteiger partial charge in [-0.3, -0.25) is 9.69 Å². The zero-order chi connectivity index (χ0) is 20.8. The first-order chi connectivity index (χ1) is 14.7. The third-order valence-electron chi connectivity index (χ3n) is 5.92. The van der Waals surface area contributed by atoms with E-state index in [1.165, 1.54) is 19.3 Å². The fourth-order valence-electron chi connectivity index (χ4n) is 4.36. The van der Waals surface area contributed by atoms with Gasteiger partial charge in [-0.15, -0.1) is 12.4 Å². The molecule has 2 aromatic carbocycles. The van der Waals surface area contributed by atoms with Crippen molar-refractivity contribution in [2.75, 3.05) is 19.6 Å². The maximum absolute atomic E-state index is 13.4. The zero-order valence-electron chi connectivity index (χ0n) is 18.0. The van der Waals surface area contributed by atoms with E-state index in [4.69, 9.17) is 4.42 Å². The molecule has 1 saturated heterocycles. The van der Waals surface area contributed by atoms with Crippen LogP contribution < -0.4 is 5.32 Å². The number of carbonyl (C=O) groups excluding carboxylic acids is 1. The standard InChI is InChI=1S/C26H30N2O2.ClH/c1-20-15-16-24(30-20)23(28-17-9-4-10-18-28)19-27-26(29)25(21-11-5-2-6-12-21)22-13-7-3-8-14-22;/h2-3,5-8,11-16,23,25H,4,9-10,17-19H2,1H3,(H,27,29);1H. The average molecular weight is 439 g/mol. The molecule has 4 nitrogen and oxygen atoms in total. The molecule has 0 spiro atoms. The van der Waals surface area contributed by atoms with Gasteiger partial charge in [-0.25, -0.2) is 0 Å². The third kappa shape index (κ3) is 5.78. The summed E-state index contributed by atoms with van der Waals surface area (Å²) in [4.78, 5) is 15.9. The number of amides is 1. The predicted octanol–water partition coefficient (Wildman–Crippen LogP) is 5.49. The summed E-state index contributed by atoms with van der Waals surface area (Å²) in [6.07, 6.45) is 3.67. The second-order valence-corrected chi connectivity index (χ2v) is 8.06. The van der Waals surface area contributed by atoms with Gasteiger partial charge in [-0.2, -0.15) is 0 Å². The van der Waals surface area contributed by atoms with Crippen molar-refractivity contribution in [3.63, 3.8) is 0 Å². The SMILES string of the molecule is Cc1ccc(C(CNC(=O)C(c2ccccc2)c2ccccc2)N2CCCCC2)o1.Cl. The van der Waals surface area contributed by atoms with Crippen molar-refractivity contribution in [1.82, 2.24) is 10.2 Å². The van der Waals surface area contributed by atoms with Crippen LogP contribution in [0.5, 0.6) is 0 Å². The number of hydrogen-bond acceptors (Lipinski definition) is 3. The van der Waals surface area contributed by atoms with E-state index >= 15 is 0 Å². The van der Waals surface area contributed by atoms with Gasteiger partial charge in [0, 0.05) is 6.54 Å². The molecular weight excluding hydrogens is 408 g/mol. The number of piperidine rings is 1. The molecule has 1 N–H and O–H groups in total. The van der Waals surface area contributed by atoms with Crippen LogP contribution in [0.1, 0.15) is 53.9 Å². The van der Waals surface area contributed by atoms with Gasteiger partial charge in [0.1, 0.15) is 11.5 Å². The molecule has 1 amide bonds. The lowest BCUT2D eigenvalue weighted by atomic mass is 9.90. The lowest BCUT2D eigenvalue weighted by molar-refractivity contribution is -0.122. The Balaban J connectivity index is 0.00000272. The molecule has 0 radical (unpaired) electrons. The number of likely N-dealkylation sites (tertiary alicyclic amines) is 1. The van der Waals surface area contributed by atoms with Gasteiger partial charge in [0.25, 0.3) is 0 Å². The van der Waals surface area contributed by atoms with E-state index < -0.39 is 0 Å². The van der Waals surface area contributed by atoms with Crippen LogP contribution in [-0.2, 0) is 4.79 Å². The molecule has 5 heteroatoms. The second kappa shape index (κ2) is 11.2. The molecule has 1 aromatic heterocycles. The number of aryl methyl sites for hydroxylation is 1. The predicted molar refractivity (Wildman–Crippen MR) is 127 cm³/mol. The first-order valence-electron chi connectivity index (χ1n) is 10.9. The lowest BCUT2D eigenvalue weighted by Crippen LogP contribution is -2.41. The van der Waals surface area contributed by atoms with Gasteiger partial charge in [-0.1, -0.05) is 67.1 Å². The van der Waals surface area contributed by atoms with E-state index in [-0.39, 0.29) is 30.3 Å². The van der Waals surface area contributed by atoms with Crippen LogP contribution in [0.3, 0.4) is 0 Å². The molecule has 1 atom stereocenters. The molecule has 1 fully saturated rings. The summed E-state index contributed by atoms with van der Waals surface area (Å²) in [6.45, 7) is 4.60. The Kier molecular flexibility index (Phi) is 8.33. The number of rotatable bonds is 7. The number of hydrogen-bond donors (Lipinski definition) is 1. The Bertz CT molecular complexity index is 897. The quantitative estimate of drug-likeness (QED) is 0.530. The molecule has 1 aliphatic rings. The van der Waals surface area contributed by atoms with E-state index in [1.54, 1.807) is 0 Å². The molecule has 2 heterocycles. The highest BCUT2D eigenvalue weighted by atomic mass is 35.5. The normalized spacial score (nSPS) is 15.3. The molecular formula is C26H31ClN2O2. The summed E-state index contributed by atoms with van der Waals surface area (Å²) in [5.74, 6) is 1.54. The number of nitrogens with zero attached hydrogens (tertiary/aromatic N) is 1. The van der Waals surface area contributed by atoms with Gasteiger partial charge < -0.3 is 9.73 Å². The average Bonchev–Trinajstić information content (AvgIpc) is 3.22. The highest BCUT2D eigenvalue weighted by Gasteiger charge is 2.28. The van der Waals surface area contributed by atoms with Gasteiger partial charge in [0.05, 0.1) is 12.0 Å². The summed E-state index contributed by atoms with van der Waals surface area (Å²) in [6, 6.07) is 24.1. The summed E-state index contributed by atoms with van der Waals surface area (Å²) < 4.78 is 5.97. The molecule has 0 aliphatic carbocycles. The van der Waals surface area contributed by atoms with Crippen molar-refractivity contribution in [2.45, 2.75) is 38.1 Å². The van der Waals surface area contributed by atoms with Gasteiger partial charge >= 0.3 is 0 Å². The molecule has 0 bridgehead atoms. The molecule has 4 rings (SSSR count). The molecule has 31 heavy (non-hydrogen) atoms. The Labute approximate surface area is 191 Å². The number of furan rings is 1. The van der Waals surface area contributed by atoms with Crippen molar-refractivity contribution in [3.05, 3.63) is 95.4 Å². The summed E-state index contributed by atoms with van der Waals surface area (Å²) >= 11 is 0. The van der Waals surface area contributed by atoms with Crippen LogP contribution in [-0.4, -0.2) is 30.4 Å². The van der Waals surface area contributed by atoms with Gasteiger partial charge in [0.15, 0.2) is 0 Å². The zero-order valence-corrected chi connectivity index (χ0v) is 18.8. The Morgan fingerprint density at radius 1 is 0.903 bits per heavy atom. The van der Waals surface area contributed by atoms with E-state index in [0.29, 0.717) is 6.54 Å². The number of nitrogens with one attached hydrogen (secondary N) is 1. The minimum Gasteiger partial charge on any atom is -0.465 e. The van der Waals surface area contributed by atoms with Crippen LogP contribution in [0.2, 0.25) is 0 Å². The number of benzene rings is 2. The monoisotopic (exact) mass is 438 g/mol. The van der Waals surface area contributed by atoms with Crippen LogP contribution in [0.4, 0.5) is 0 Å². The largest absolute Gasteiger partial charge is 0.465 e. The van der Waals surface area contributed by atoms with E-state index in [9.17, 15) is 4.79 Å². The van der Waals surface area contributed by atoms with Crippen LogP contribution in [0.15, 0.2) is 77.2 Å². The lowest BCUT2D eigenvalue weighted by Gasteiger charge is -2.33. The van der Waals surface area contributed by atoms with Crippen molar-refractivity contribution in [3.8, 4) is 0 Å². The smallest absolute Gasteiger partial charge is 0.232 e. The van der Waals surface area contributed by atoms with E-state index in [0.717, 1.165) is 35.7 Å². The first kappa shape index (κ1) is 23.1. The van der Waals surface area contributed by atoms with Crippen LogP contribution in [0.25, 0.3) is 0 Å². The second-order valence-electron chi connectivity index (χ2n) is 8.06. The van der Waals surface area contributed by atoms with Gasteiger partial charge in [0.2, 0.25) is 5.91 Å². The van der Waals surface area contributed by atoms with Gasteiger partial charge in [-0.05, 0) is 56.1 Å². The van der Waals surface area contributed by atoms with E-state index in [1.807, 2.05) is 79.7 Å². The Morgan fingerprint density at radius 3 is 2.00 bits per heavy atom. The maximum Gasteiger partial charge on any atom is 0.232 e. The summed E-state index contributed by atoms with van der Waals surface area (Å²) in [5.41, 5.74) is 2.01. The molecule has 1 aliphatic heterocycles. The Morgan fingerprint density at radius 2 is 1.48 bits per heavy atom. The summed E-state index contributed by atoms with van der Waals surface area (Å²) in [5, 5.41) is 3.24. The van der Waals surface area contributed by atoms with Crippen LogP contribution in [0, 0.1) is 6.92 Å². The molecule has 3 aromatic rings.